The lowest BCUT2D eigenvalue weighted by Crippen LogP contribution is -2.11. The minimum absolute atomic E-state index is 0.253. The van der Waals surface area contributed by atoms with Gasteiger partial charge in [-0.15, -0.1) is 0 Å². The lowest BCUT2D eigenvalue weighted by atomic mass is 10.1. The summed E-state index contributed by atoms with van der Waals surface area (Å²) >= 11 is 0. The number of nitrogens with zero attached hydrogens (tertiary/aromatic N) is 1. The number of carbonyl (C=O) groups excluding carboxylic acids is 1. The van der Waals surface area contributed by atoms with E-state index in [-0.39, 0.29) is 6.54 Å². The van der Waals surface area contributed by atoms with Crippen LogP contribution in [0.2, 0.25) is 0 Å². The molecule has 7 heteroatoms. The molecule has 1 amide bonds. The Balaban J connectivity index is 2.13. The molecule has 0 saturated heterocycles. The zero-order chi connectivity index (χ0) is 15.4. The Labute approximate surface area is 119 Å². The van der Waals surface area contributed by atoms with Crippen LogP contribution < -0.4 is 11.1 Å². The molecule has 0 unspecified atom stereocenters. The lowest BCUT2D eigenvalue weighted by Gasteiger charge is -2.07. The molecule has 0 radical (unpaired) electrons. The summed E-state index contributed by atoms with van der Waals surface area (Å²) in [5.41, 5.74) is 6.15. The third-order valence-electron chi connectivity index (χ3n) is 2.85. The van der Waals surface area contributed by atoms with E-state index in [0.29, 0.717) is 16.8 Å². The third-order valence-corrected chi connectivity index (χ3v) is 2.85. The van der Waals surface area contributed by atoms with Gasteiger partial charge in [-0.2, -0.15) is 4.39 Å². The van der Waals surface area contributed by atoms with Crippen molar-refractivity contribution < 1.29 is 14.1 Å². The van der Waals surface area contributed by atoms with Gasteiger partial charge in [-0.1, -0.05) is 12.1 Å². The van der Waals surface area contributed by atoms with Crippen LogP contribution in [0.4, 0.5) is 15.8 Å². The molecule has 0 atom stereocenters. The Bertz CT molecular complexity index is 704. The summed E-state index contributed by atoms with van der Waals surface area (Å²) in [5, 5.41) is 13.7. The third kappa shape index (κ3) is 3.53. The Morgan fingerprint density at radius 3 is 2.71 bits per heavy atom. The lowest BCUT2D eigenvalue weighted by molar-refractivity contribution is -0.387. The van der Waals surface area contributed by atoms with E-state index in [4.69, 9.17) is 5.73 Å². The number of carbonyl (C=O) groups is 1. The standard InChI is InChI=1S/C14H12FN3O3/c15-12-5-4-9(6-13(12)18(20)21)8-17-11-3-1-2-10(7-11)14(16)19/h1-7,17H,8H2,(H2,16,19). The molecule has 0 aliphatic rings. The van der Waals surface area contributed by atoms with Gasteiger partial charge in [-0.25, -0.2) is 0 Å². The Hall–Kier alpha value is -2.96. The molecule has 0 aromatic heterocycles. The van der Waals surface area contributed by atoms with Crippen LogP contribution in [0.5, 0.6) is 0 Å². The van der Waals surface area contributed by atoms with Gasteiger partial charge in [0, 0.05) is 23.9 Å². The predicted octanol–water partition coefficient (Wildman–Crippen LogP) is 2.44. The summed E-state index contributed by atoms with van der Waals surface area (Å²) in [6.07, 6.45) is 0. The van der Waals surface area contributed by atoms with Gasteiger partial charge in [-0.3, -0.25) is 14.9 Å². The van der Waals surface area contributed by atoms with Gasteiger partial charge >= 0.3 is 5.69 Å². The van der Waals surface area contributed by atoms with Crippen LogP contribution in [-0.2, 0) is 6.54 Å². The average Bonchev–Trinajstić information content (AvgIpc) is 2.46. The number of nitrogens with two attached hydrogens (primary N) is 1. The van der Waals surface area contributed by atoms with Crippen molar-refractivity contribution in [3.8, 4) is 0 Å². The molecule has 0 aliphatic carbocycles. The molecule has 0 aliphatic heterocycles. The summed E-state index contributed by atoms with van der Waals surface area (Å²) in [7, 11) is 0. The molecule has 0 bridgehead atoms. The van der Waals surface area contributed by atoms with E-state index < -0.39 is 22.3 Å². The first-order valence-electron chi connectivity index (χ1n) is 6.04. The van der Waals surface area contributed by atoms with Gasteiger partial charge in [0.1, 0.15) is 0 Å². The molecular weight excluding hydrogens is 277 g/mol. The van der Waals surface area contributed by atoms with Crippen molar-refractivity contribution >= 4 is 17.3 Å². The minimum Gasteiger partial charge on any atom is -0.381 e. The maximum atomic E-state index is 13.2. The van der Waals surface area contributed by atoms with Crippen LogP contribution in [0.1, 0.15) is 15.9 Å². The zero-order valence-corrected chi connectivity index (χ0v) is 10.9. The molecule has 0 spiro atoms. The average molecular weight is 289 g/mol. The quantitative estimate of drug-likeness (QED) is 0.652. The fourth-order valence-corrected chi connectivity index (χ4v) is 1.79. The van der Waals surface area contributed by atoms with Gasteiger partial charge in [0.05, 0.1) is 4.92 Å². The summed E-state index contributed by atoms with van der Waals surface area (Å²) in [5.74, 6) is -1.42. The molecule has 6 nitrogen and oxygen atoms in total. The monoisotopic (exact) mass is 289 g/mol. The van der Waals surface area contributed by atoms with Crippen molar-refractivity contribution in [1.82, 2.24) is 0 Å². The van der Waals surface area contributed by atoms with Crippen LogP contribution in [0.3, 0.4) is 0 Å². The van der Waals surface area contributed by atoms with E-state index in [2.05, 4.69) is 5.32 Å². The van der Waals surface area contributed by atoms with Gasteiger partial charge in [0.15, 0.2) is 0 Å². The number of nitro groups is 1. The molecule has 21 heavy (non-hydrogen) atoms. The number of anilines is 1. The first-order chi connectivity index (χ1) is 9.97. The molecule has 0 saturated carbocycles. The molecule has 0 fully saturated rings. The second-order valence-corrected chi connectivity index (χ2v) is 4.34. The smallest absolute Gasteiger partial charge is 0.305 e. The van der Waals surface area contributed by atoms with E-state index in [1.165, 1.54) is 12.1 Å². The van der Waals surface area contributed by atoms with Crippen molar-refractivity contribution in [1.29, 1.82) is 0 Å². The fraction of sp³-hybridized carbons (Fsp3) is 0.0714. The number of nitro benzene ring substituents is 1. The SMILES string of the molecule is NC(=O)c1cccc(NCc2ccc(F)c([N+](=O)[O-])c2)c1. The molecule has 0 heterocycles. The molecular formula is C14H12FN3O3. The molecule has 3 N–H and O–H groups in total. The highest BCUT2D eigenvalue weighted by Gasteiger charge is 2.14. The number of amides is 1. The molecule has 108 valence electrons. The highest BCUT2D eigenvalue weighted by atomic mass is 19.1. The Morgan fingerprint density at radius 1 is 1.29 bits per heavy atom. The van der Waals surface area contributed by atoms with E-state index in [1.54, 1.807) is 24.3 Å². The maximum Gasteiger partial charge on any atom is 0.305 e. The highest BCUT2D eigenvalue weighted by Crippen LogP contribution is 2.19. The van der Waals surface area contributed by atoms with Crippen LogP contribution in [0, 0.1) is 15.9 Å². The second-order valence-electron chi connectivity index (χ2n) is 4.34. The number of hydrogen-bond acceptors (Lipinski definition) is 4. The first-order valence-corrected chi connectivity index (χ1v) is 6.04. The van der Waals surface area contributed by atoms with E-state index in [9.17, 15) is 19.3 Å². The summed E-state index contributed by atoms with van der Waals surface area (Å²) in [6.45, 7) is 0.253. The van der Waals surface area contributed by atoms with Crippen molar-refractivity contribution in [3.63, 3.8) is 0 Å². The summed E-state index contributed by atoms with van der Waals surface area (Å²) in [6, 6.07) is 10.2. The maximum absolute atomic E-state index is 13.2. The predicted molar refractivity (Wildman–Crippen MR) is 75.3 cm³/mol. The number of halogens is 1. The Morgan fingerprint density at radius 2 is 2.05 bits per heavy atom. The van der Waals surface area contributed by atoms with Crippen molar-refractivity contribution in [2.45, 2.75) is 6.54 Å². The van der Waals surface area contributed by atoms with Crippen molar-refractivity contribution in [2.24, 2.45) is 5.73 Å². The van der Waals surface area contributed by atoms with Crippen molar-refractivity contribution in [3.05, 3.63) is 69.5 Å². The van der Waals surface area contributed by atoms with Crippen LogP contribution >= 0.6 is 0 Å². The fourth-order valence-electron chi connectivity index (χ4n) is 1.79. The summed E-state index contributed by atoms with van der Waals surface area (Å²) in [4.78, 5) is 21.0. The van der Waals surface area contributed by atoms with Crippen LogP contribution in [0.25, 0.3) is 0 Å². The Kier molecular flexibility index (Phi) is 4.13. The minimum atomic E-state index is -0.875. The van der Waals surface area contributed by atoms with Gasteiger partial charge in [0.25, 0.3) is 0 Å². The van der Waals surface area contributed by atoms with Crippen LogP contribution in [-0.4, -0.2) is 10.8 Å². The summed E-state index contributed by atoms with van der Waals surface area (Å²) < 4.78 is 13.2. The number of primary amides is 1. The van der Waals surface area contributed by atoms with E-state index in [0.717, 1.165) is 6.07 Å². The molecule has 2 aromatic carbocycles. The first kappa shape index (κ1) is 14.4. The number of rotatable bonds is 5. The largest absolute Gasteiger partial charge is 0.381 e. The topological polar surface area (TPSA) is 98.3 Å². The zero-order valence-electron chi connectivity index (χ0n) is 10.9. The van der Waals surface area contributed by atoms with Gasteiger partial charge < -0.3 is 11.1 Å². The number of benzene rings is 2. The number of nitrogens with one attached hydrogen (secondary N) is 1. The van der Waals surface area contributed by atoms with Crippen molar-refractivity contribution in [2.75, 3.05) is 5.32 Å². The molecule has 2 aromatic rings. The van der Waals surface area contributed by atoms with Gasteiger partial charge in [-0.05, 0) is 29.8 Å². The number of hydrogen-bond donors (Lipinski definition) is 2. The van der Waals surface area contributed by atoms with E-state index >= 15 is 0 Å². The van der Waals surface area contributed by atoms with Crippen LogP contribution in [0.15, 0.2) is 42.5 Å². The van der Waals surface area contributed by atoms with E-state index in [1.807, 2.05) is 0 Å². The van der Waals surface area contributed by atoms with Gasteiger partial charge in [0.2, 0.25) is 11.7 Å². The molecule has 2 rings (SSSR count). The normalized spacial score (nSPS) is 10.1. The second kappa shape index (κ2) is 6.00. The highest BCUT2D eigenvalue weighted by molar-refractivity contribution is 5.93.